The van der Waals surface area contributed by atoms with Crippen LogP contribution in [-0.2, 0) is 19.6 Å². The molecule has 1 aliphatic heterocycles. The summed E-state index contributed by atoms with van der Waals surface area (Å²) in [4.78, 5) is 26.3. The maximum absolute atomic E-state index is 12.3. The van der Waals surface area contributed by atoms with Crippen molar-refractivity contribution in [2.75, 3.05) is 53.2 Å². The second-order valence-electron chi connectivity index (χ2n) is 6.18. The largest absolute Gasteiger partial charge is 0.497 e. The van der Waals surface area contributed by atoms with E-state index in [1.165, 1.54) is 11.4 Å². The van der Waals surface area contributed by atoms with Crippen molar-refractivity contribution in [1.82, 2.24) is 14.5 Å². The molecule has 1 aromatic carbocycles. The van der Waals surface area contributed by atoms with Gasteiger partial charge in [0.2, 0.25) is 10.0 Å². The van der Waals surface area contributed by atoms with E-state index in [1.807, 2.05) is 4.90 Å². The Bertz CT molecular complexity index is 757. The molecule has 150 valence electrons. The molecule has 27 heavy (non-hydrogen) atoms. The van der Waals surface area contributed by atoms with Crippen LogP contribution in [-0.4, -0.2) is 88.7 Å². The maximum atomic E-state index is 12.3. The number of ether oxygens (including phenoxy) is 2. The minimum atomic E-state index is -3.26. The molecular weight excluding hydrogens is 374 g/mol. The van der Waals surface area contributed by atoms with Crippen LogP contribution >= 0.6 is 0 Å². The number of piperazine rings is 1. The number of carbonyl (C=O) groups is 2. The number of carbonyl (C=O) groups excluding carboxylic acids is 2. The van der Waals surface area contributed by atoms with Crippen molar-refractivity contribution in [2.45, 2.75) is 6.04 Å². The lowest BCUT2D eigenvalue weighted by Gasteiger charge is -2.37. The van der Waals surface area contributed by atoms with Crippen LogP contribution < -0.4 is 10.1 Å². The topological polar surface area (TPSA) is 105 Å². The molecule has 1 amide bonds. The Morgan fingerprint density at radius 1 is 1.11 bits per heavy atom. The Hall–Kier alpha value is -2.17. The van der Waals surface area contributed by atoms with Gasteiger partial charge in [-0.3, -0.25) is 14.5 Å². The summed E-state index contributed by atoms with van der Waals surface area (Å²) in [5.74, 6) is -0.151. The molecule has 1 fully saturated rings. The average molecular weight is 399 g/mol. The first-order chi connectivity index (χ1) is 12.8. The third kappa shape index (κ3) is 5.65. The Morgan fingerprint density at radius 2 is 1.70 bits per heavy atom. The molecule has 0 aliphatic carbocycles. The van der Waals surface area contributed by atoms with Crippen molar-refractivity contribution in [2.24, 2.45) is 0 Å². The zero-order valence-electron chi connectivity index (χ0n) is 15.7. The van der Waals surface area contributed by atoms with Gasteiger partial charge in [-0.05, 0) is 24.3 Å². The van der Waals surface area contributed by atoms with E-state index >= 15 is 0 Å². The van der Waals surface area contributed by atoms with Crippen LogP contribution in [0.25, 0.3) is 0 Å². The van der Waals surface area contributed by atoms with Gasteiger partial charge in [-0.25, -0.2) is 8.42 Å². The molecule has 1 atom stereocenters. The number of nitrogens with zero attached hydrogens (tertiary/aromatic N) is 2. The van der Waals surface area contributed by atoms with Crippen molar-refractivity contribution in [1.29, 1.82) is 0 Å². The monoisotopic (exact) mass is 399 g/mol. The SMILES string of the molecule is COC(=O)[C@H](CNC(=O)c1ccc(OC)cc1)N1CCN(S(C)(=O)=O)CC1. The van der Waals surface area contributed by atoms with Gasteiger partial charge < -0.3 is 14.8 Å². The highest BCUT2D eigenvalue weighted by Crippen LogP contribution is 2.12. The van der Waals surface area contributed by atoms with E-state index in [1.54, 1.807) is 31.4 Å². The van der Waals surface area contributed by atoms with Gasteiger partial charge in [0, 0.05) is 38.3 Å². The molecule has 1 aromatic rings. The van der Waals surface area contributed by atoms with Crippen LogP contribution in [0.1, 0.15) is 10.4 Å². The molecule has 2 rings (SSSR count). The lowest BCUT2D eigenvalue weighted by Crippen LogP contribution is -2.57. The molecule has 1 saturated heterocycles. The van der Waals surface area contributed by atoms with E-state index in [-0.39, 0.29) is 12.5 Å². The van der Waals surface area contributed by atoms with Gasteiger partial charge in [0.25, 0.3) is 5.91 Å². The van der Waals surface area contributed by atoms with Crippen LogP contribution in [0.15, 0.2) is 24.3 Å². The molecular formula is C17H25N3O6S. The first-order valence-electron chi connectivity index (χ1n) is 8.45. The van der Waals surface area contributed by atoms with E-state index < -0.39 is 22.0 Å². The van der Waals surface area contributed by atoms with Gasteiger partial charge in [0.15, 0.2) is 0 Å². The Morgan fingerprint density at radius 3 is 2.19 bits per heavy atom. The number of esters is 1. The molecule has 0 aromatic heterocycles. The lowest BCUT2D eigenvalue weighted by atomic mass is 10.1. The summed E-state index contributed by atoms with van der Waals surface area (Å²) in [5, 5.41) is 2.74. The summed E-state index contributed by atoms with van der Waals surface area (Å²) in [6, 6.07) is 5.94. The minimum Gasteiger partial charge on any atom is -0.497 e. The molecule has 1 aliphatic rings. The van der Waals surface area contributed by atoms with Crippen LogP contribution in [0.3, 0.4) is 0 Å². The summed E-state index contributed by atoms with van der Waals surface area (Å²) >= 11 is 0. The highest BCUT2D eigenvalue weighted by atomic mass is 32.2. The van der Waals surface area contributed by atoms with Gasteiger partial charge in [0.1, 0.15) is 11.8 Å². The standard InChI is InChI=1S/C17H25N3O6S/c1-25-14-6-4-13(5-7-14)16(21)18-12-15(17(22)26-2)19-8-10-20(11-9-19)27(3,23)24/h4-7,15H,8-12H2,1-3H3,(H,18,21)/t15-/m0/s1. The van der Waals surface area contributed by atoms with Gasteiger partial charge >= 0.3 is 5.97 Å². The van der Waals surface area contributed by atoms with E-state index in [2.05, 4.69) is 5.32 Å². The van der Waals surface area contributed by atoms with E-state index in [4.69, 9.17) is 9.47 Å². The summed E-state index contributed by atoms with van der Waals surface area (Å²) in [7, 11) is -0.432. The van der Waals surface area contributed by atoms with Crippen molar-refractivity contribution >= 4 is 21.9 Å². The van der Waals surface area contributed by atoms with Crippen molar-refractivity contribution < 1.29 is 27.5 Å². The highest BCUT2D eigenvalue weighted by Gasteiger charge is 2.32. The summed E-state index contributed by atoms with van der Waals surface area (Å²) in [5.41, 5.74) is 0.446. The molecule has 10 heteroatoms. The Labute approximate surface area is 159 Å². The number of amides is 1. The number of benzene rings is 1. The van der Waals surface area contributed by atoms with E-state index in [9.17, 15) is 18.0 Å². The number of sulfonamides is 1. The van der Waals surface area contributed by atoms with Gasteiger partial charge in [0.05, 0.1) is 20.5 Å². The Balaban J connectivity index is 1.98. The van der Waals surface area contributed by atoms with Crippen LogP contribution in [0.4, 0.5) is 0 Å². The predicted molar refractivity (Wildman–Crippen MR) is 99.1 cm³/mol. The van der Waals surface area contributed by atoms with Gasteiger partial charge in [-0.1, -0.05) is 0 Å². The van der Waals surface area contributed by atoms with Crippen LogP contribution in [0.2, 0.25) is 0 Å². The third-order valence-corrected chi connectivity index (χ3v) is 5.77. The number of methoxy groups -OCH3 is 2. The molecule has 0 saturated carbocycles. The molecule has 0 unspecified atom stereocenters. The number of rotatable bonds is 7. The lowest BCUT2D eigenvalue weighted by molar-refractivity contribution is -0.147. The zero-order valence-corrected chi connectivity index (χ0v) is 16.5. The molecule has 1 heterocycles. The van der Waals surface area contributed by atoms with Crippen molar-refractivity contribution in [3.8, 4) is 5.75 Å². The second-order valence-corrected chi connectivity index (χ2v) is 8.16. The van der Waals surface area contributed by atoms with Crippen LogP contribution in [0, 0.1) is 0 Å². The second kappa shape index (κ2) is 9.16. The first-order valence-corrected chi connectivity index (χ1v) is 10.3. The van der Waals surface area contributed by atoms with E-state index in [0.717, 1.165) is 6.26 Å². The average Bonchev–Trinajstić information content (AvgIpc) is 2.67. The smallest absolute Gasteiger partial charge is 0.324 e. The van der Waals surface area contributed by atoms with Crippen LogP contribution in [0.5, 0.6) is 5.75 Å². The molecule has 9 nitrogen and oxygen atoms in total. The van der Waals surface area contributed by atoms with Gasteiger partial charge in [-0.2, -0.15) is 4.31 Å². The molecule has 0 radical (unpaired) electrons. The number of hydrogen-bond donors (Lipinski definition) is 1. The number of nitrogens with one attached hydrogen (secondary N) is 1. The first kappa shape index (κ1) is 21.1. The maximum Gasteiger partial charge on any atom is 0.324 e. The highest BCUT2D eigenvalue weighted by molar-refractivity contribution is 7.88. The predicted octanol–water partition coefficient (Wildman–Crippen LogP) is -0.456. The zero-order chi connectivity index (χ0) is 20.0. The fourth-order valence-corrected chi connectivity index (χ4v) is 3.70. The number of hydrogen-bond acceptors (Lipinski definition) is 7. The fourth-order valence-electron chi connectivity index (χ4n) is 2.88. The Kier molecular flexibility index (Phi) is 7.17. The van der Waals surface area contributed by atoms with Crippen molar-refractivity contribution in [3.63, 3.8) is 0 Å². The summed E-state index contributed by atoms with van der Waals surface area (Å²) < 4.78 is 34.5. The summed E-state index contributed by atoms with van der Waals surface area (Å²) in [6.45, 7) is 1.41. The quantitative estimate of drug-likeness (QED) is 0.619. The third-order valence-electron chi connectivity index (χ3n) is 4.46. The van der Waals surface area contributed by atoms with Gasteiger partial charge in [-0.15, -0.1) is 0 Å². The molecule has 0 bridgehead atoms. The van der Waals surface area contributed by atoms with E-state index in [0.29, 0.717) is 37.5 Å². The van der Waals surface area contributed by atoms with Crippen molar-refractivity contribution in [3.05, 3.63) is 29.8 Å². The summed E-state index contributed by atoms with van der Waals surface area (Å²) in [6.07, 6.45) is 1.16. The minimum absolute atomic E-state index is 0.0659. The molecule has 0 spiro atoms. The molecule has 1 N–H and O–H groups in total. The fraction of sp³-hybridized carbons (Fsp3) is 0.529. The normalized spacial score (nSPS) is 17.1.